The molecule has 0 saturated heterocycles. The highest BCUT2D eigenvalue weighted by atomic mass is 16.5. The van der Waals surface area contributed by atoms with E-state index in [1.54, 1.807) is 7.11 Å². The Labute approximate surface area is 87.9 Å². The van der Waals surface area contributed by atoms with E-state index < -0.39 is 0 Å². The van der Waals surface area contributed by atoms with Crippen molar-refractivity contribution in [3.63, 3.8) is 0 Å². The zero-order valence-corrected chi connectivity index (χ0v) is 8.68. The van der Waals surface area contributed by atoms with E-state index in [2.05, 4.69) is 10.2 Å². The lowest BCUT2D eigenvalue weighted by atomic mass is 9.85. The molecule has 4 heteroatoms. The van der Waals surface area contributed by atoms with Crippen LogP contribution in [0, 0.1) is 0 Å². The Kier molecular flexibility index (Phi) is 1.87. The predicted molar refractivity (Wildman–Crippen MR) is 56.1 cm³/mol. The number of aromatic nitrogens is 3. The van der Waals surface area contributed by atoms with E-state index in [9.17, 15) is 0 Å². The lowest BCUT2D eigenvalue weighted by molar-refractivity contribution is 0.394. The number of methoxy groups -OCH3 is 1. The first-order valence-corrected chi connectivity index (χ1v) is 5.27. The van der Waals surface area contributed by atoms with Gasteiger partial charge in [-0.3, -0.25) is 4.40 Å². The summed E-state index contributed by atoms with van der Waals surface area (Å²) in [6, 6.07) is 3.85. The number of ether oxygens (including phenoxy) is 1. The van der Waals surface area contributed by atoms with Crippen LogP contribution < -0.4 is 4.74 Å². The number of rotatable bonds is 2. The molecule has 0 bridgehead atoms. The molecule has 1 aliphatic rings. The highest BCUT2D eigenvalue weighted by Crippen LogP contribution is 2.35. The number of hydrogen-bond acceptors (Lipinski definition) is 3. The fraction of sp³-hybridized carbons (Fsp3) is 0.455. The van der Waals surface area contributed by atoms with Crippen LogP contribution in [0.1, 0.15) is 31.0 Å². The summed E-state index contributed by atoms with van der Waals surface area (Å²) in [5.74, 6) is 2.52. The highest BCUT2D eigenvalue weighted by molar-refractivity contribution is 5.42. The SMILES string of the molecule is COc1ccc2nnc(C3CCC3)n2c1. The molecule has 0 atom stereocenters. The monoisotopic (exact) mass is 203 g/mol. The fourth-order valence-corrected chi connectivity index (χ4v) is 1.95. The van der Waals surface area contributed by atoms with Crippen molar-refractivity contribution in [3.8, 4) is 5.75 Å². The van der Waals surface area contributed by atoms with Gasteiger partial charge in [0.2, 0.25) is 0 Å². The molecule has 1 aliphatic carbocycles. The normalized spacial score (nSPS) is 16.6. The van der Waals surface area contributed by atoms with Crippen LogP contribution in [-0.4, -0.2) is 21.7 Å². The summed E-state index contributed by atoms with van der Waals surface area (Å²) in [5, 5.41) is 8.40. The zero-order valence-electron chi connectivity index (χ0n) is 8.68. The summed E-state index contributed by atoms with van der Waals surface area (Å²) >= 11 is 0. The van der Waals surface area contributed by atoms with Crippen LogP contribution in [0.2, 0.25) is 0 Å². The van der Waals surface area contributed by atoms with Crippen LogP contribution in [-0.2, 0) is 0 Å². The molecule has 1 saturated carbocycles. The quantitative estimate of drug-likeness (QED) is 0.749. The molecule has 3 rings (SSSR count). The summed E-state index contributed by atoms with van der Waals surface area (Å²) < 4.78 is 7.25. The highest BCUT2D eigenvalue weighted by Gasteiger charge is 2.24. The van der Waals surface area contributed by atoms with Gasteiger partial charge in [0.1, 0.15) is 11.6 Å². The van der Waals surface area contributed by atoms with Gasteiger partial charge in [0.25, 0.3) is 0 Å². The third-order valence-electron chi connectivity index (χ3n) is 3.11. The molecule has 0 aromatic carbocycles. The van der Waals surface area contributed by atoms with Gasteiger partial charge in [0, 0.05) is 5.92 Å². The summed E-state index contributed by atoms with van der Waals surface area (Å²) in [5.41, 5.74) is 0.901. The molecule has 0 radical (unpaired) electrons. The van der Waals surface area contributed by atoms with E-state index in [0.29, 0.717) is 5.92 Å². The van der Waals surface area contributed by atoms with Gasteiger partial charge >= 0.3 is 0 Å². The summed E-state index contributed by atoms with van der Waals surface area (Å²) in [6.07, 6.45) is 5.74. The van der Waals surface area contributed by atoms with Crippen molar-refractivity contribution in [1.82, 2.24) is 14.6 Å². The maximum atomic E-state index is 5.20. The van der Waals surface area contributed by atoms with Crippen LogP contribution >= 0.6 is 0 Å². The predicted octanol–water partition coefficient (Wildman–Crippen LogP) is 2.01. The minimum Gasteiger partial charge on any atom is -0.495 e. The topological polar surface area (TPSA) is 39.4 Å². The van der Waals surface area contributed by atoms with Crippen LogP contribution in [0.15, 0.2) is 18.3 Å². The average molecular weight is 203 g/mol. The van der Waals surface area contributed by atoms with Gasteiger partial charge in [-0.05, 0) is 25.0 Å². The van der Waals surface area contributed by atoms with Crippen molar-refractivity contribution in [2.24, 2.45) is 0 Å². The Morgan fingerprint density at radius 3 is 2.87 bits per heavy atom. The van der Waals surface area contributed by atoms with Gasteiger partial charge in [0.05, 0.1) is 13.3 Å². The Morgan fingerprint density at radius 2 is 2.20 bits per heavy atom. The first kappa shape index (κ1) is 8.71. The van der Waals surface area contributed by atoms with Crippen molar-refractivity contribution in [2.75, 3.05) is 7.11 Å². The molecule has 2 aromatic heterocycles. The maximum Gasteiger partial charge on any atom is 0.161 e. The Bertz CT molecular complexity index is 488. The summed E-state index contributed by atoms with van der Waals surface area (Å²) in [4.78, 5) is 0. The number of fused-ring (bicyclic) bond motifs is 1. The first-order valence-electron chi connectivity index (χ1n) is 5.27. The molecular weight excluding hydrogens is 190 g/mol. The van der Waals surface area contributed by atoms with E-state index in [0.717, 1.165) is 17.2 Å². The molecule has 1 fully saturated rings. The lowest BCUT2D eigenvalue weighted by Crippen LogP contribution is -2.12. The van der Waals surface area contributed by atoms with Crippen molar-refractivity contribution in [3.05, 3.63) is 24.2 Å². The fourth-order valence-electron chi connectivity index (χ4n) is 1.95. The molecular formula is C11H13N3O. The second kappa shape index (κ2) is 3.22. The molecule has 0 spiro atoms. The van der Waals surface area contributed by atoms with Gasteiger partial charge in [-0.2, -0.15) is 0 Å². The smallest absolute Gasteiger partial charge is 0.161 e. The molecule has 15 heavy (non-hydrogen) atoms. The van der Waals surface area contributed by atoms with E-state index in [-0.39, 0.29) is 0 Å². The van der Waals surface area contributed by atoms with Crippen LogP contribution in [0.4, 0.5) is 0 Å². The second-order valence-corrected chi connectivity index (χ2v) is 3.98. The number of hydrogen-bond donors (Lipinski definition) is 0. The second-order valence-electron chi connectivity index (χ2n) is 3.98. The Morgan fingerprint density at radius 1 is 1.33 bits per heavy atom. The third-order valence-corrected chi connectivity index (χ3v) is 3.11. The van der Waals surface area contributed by atoms with E-state index in [1.807, 2.05) is 22.7 Å². The largest absolute Gasteiger partial charge is 0.495 e. The molecule has 0 amide bonds. The molecule has 2 heterocycles. The van der Waals surface area contributed by atoms with Crippen LogP contribution in [0.3, 0.4) is 0 Å². The first-order chi connectivity index (χ1) is 7.38. The average Bonchev–Trinajstić information content (AvgIpc) is 2.59. The maximum absolute atomic E-state index is 5.20. The van der Waals surface area contributed by atoms with Crippen molar-refractivity contribution in [2.45, 2.75) is 25.2 Å². The van der Waals surface area contributed by atoms with Crippen LogP contribution in [0.5, 0.6) is 5.75 Å². The molecule has 0 aliphatic heterocycles. The lowest BCUT2D eigenvalue weighted by Gasteiger charge is -2.23. The van der Waals surface area contributed by atoms with Gasteiger partial charge in [-0.1, -0.05) is 6.42 Å². The zero-order chi connectivity index (χ0) is 10.3. The summed E-state index contributed by atoms with van der Waals surface area (Å²) in [6.45, 7) is 0. The van der Waals surface area contributed by atoms with E-state index in [1.165, 1.54) is 19.3 Å². The van der Waals surface area contributed by atoms with E-state index in [4.69, 9.17) is 4.74 Å². The van der Waals surface area contributed by atoms with Crippen molar-refractivity contribution < 1.29 is 4.74 Å². The molecule has 0 N–H and O–H groups in total. The van der Waals surface area contributed by atoms with Gasteiger partial charge in [-0.15, -0.1) is 10.2 Å². The molecule has 4 nitrogen and oxygen atoms in total. The standard InChI is InChI=1S/C11H13N3O/c1-15-9-5-6-10-12-13-11(14(10)7-9)8-3-2-4-8/h5-8H,2-4H2,1H3. The van der Waals surface area contributed by atoms with Gasteiger partial charge in [-0.25, -0.2) is 0 Å². The molecule has 0 unspecified atom stereocenters. The summed E-state index contributed by atoms with van der Waals surface area (Å²) in [7, 11) is 1.68. The minimum atomic E-state index is 0.590. The van der Waals surface area contributed by atoms with Crippen molar-refractivity contribution in [1.29, 1.82) is 0 Å². The van der Waals surface area contributed by atoms with Crippen LogP contribution in [0.25, 0.3) is 5.65 Å². The third kappa shape index (κ3) is 1.28. The van der Waals surface area contributed by atoms with Crippen molar-refractivity contribution >= 4 is 5.65 Å². The van der Waals surface area contributed by atoms with E-state index >= 15 is 0 Å². The molecule has 2 aromatic rings. The number of nitrogens with zero attached hydrogens (tertiary/aromatic N) is 3. The van der Waals surface area contributed by atoms with Gasteiger partial charge in [0.15, 0.2) is 5.65 Å². The minimum absolute atomic E-state index is 0.590. The van der Waals surface area contributed by atoms with Gasteiger partial charge < -0.3 is 4.74 Å². The molecule has 78 valence electrons. The Hall–Kier alpha value is -1.58. The Balaban J connectivity index is 2.13. The number of pyridine rings is 1.